The molecule has 90 valence electrons. The third-order valence-corrected chi connectivity index (χ3v) is 5.08. The van der Waals surface area contributed by atoms with Crippen LogP contribution in [0.1, 0.15) is 12.8 Å². The molecular weight excluding hydrogens is 329 g/mol. The Bertz CT molecular complexity index is 436. The molecule has 1 saturated heterocycles. The van der Waals surface area contributed by atoms with Crippen molar-refractivity contribution in [2.45, 2.75) is 25.0 Å². The van der Waals surface area contributed by atoms with E-state index in [-0.39, 0.29) is 0 Å². The summed E-state index contributed by atoms with van der Waals surface area (Å²) in [7, 11) is 0. The van der Waals surface area contributed by atoms with Gasteiger partial charge in [-0.15, -0.1) is 0 Å². The summed E-state index contributed by atoms with van der Waals surface area (Å²) in [6.45, 7) is 1.18. The summed E-state index contributed by atoms with van der Waals surface area (Å²) < 4.78 is 7.05. The number of nitrogens with one attached hydrogen (secondary N) is 1. The molecule has 0 amide bonds. The van der Waals surface area contributed by atoms with Crippen molar-refractivity contribution in [2.24, 2.45) is 17.8 Å². The minimum atomic E-state index is 0.291. The summed E-state index contributed by atoms with van der Waals surface area (Å²) in [5.74, 6) is 2.46. The molecule has 0 radical (unpaired) electrons. The van der Waals surface area contributed by atoms with Crippen molar-refractivity contribution in [2.75, 3.05) is 6.54 Å². The van der Waals surface area contributed by atoms with Crippen LogP contribution in [-0.4, -0.2) is 28.7 Å². The van der Waals surface area contributed by atoms with Crippen LogP contribution in [0, 0.1) is 21.3 Å². The Morgan fingerprint density at radius 2 is 2.06 bits per heavy atom. The molecule has 2 aliphatic carbocycles. The predicted octanol–water partition coefficient (Wildman–Crippen LogP) is 1.46. The molecule has 2 heterocycles. The van der Waals surface area contributed by atoms with Crippen LogP contribution < -0.4 is 10.1 Å². The van der Waals surface area contributed by atoms with Crippen molar-refractivity contribution >= 4 is 22.6 Å². The van der Waals surface area contributed by atoms with Gasteiger partial charge in [-0.2, -0.15) is 0 Å². The maximum Gasteiger partial charge on any atom is 0.316 e. The van der Waals surface area contributed by atoms with Crippen LogP contribution in [-0.2, 0) is 0 Å². The molecular formula is C12H14IN3O. The number of ether oxygens (including phenoxy) is 1. The molecule has 4 rings (SSSR count). The monoisotopic (exact) mass is 343 g/mol. The third-order valence-electron chi connectivity index (χ3n) is 4.52. The van der Waals surface area contributed by atoms with Crippen LogP contribution in [0.25, 0.3) is 0 Å². The highest BCUT2D eigenvalue weighted by molar-refractivity contribution is 14.1. The van der Waals surface area contributed by atoms with Crippen LogP contribution in [0.4, 0.5) is 0 Å². The quantitative estimate of drug-likeness (QED) is 0.826. The fourth-order valence-electron chi connectivity index (χ4n) is 3.89. The predicted molar refractivity (Wildman–Crippen MR) is 70.7 cm³/mol. The van der Waals surface area contributed by atoms with Crippen LogP contribution >= 0.6 is 22.6 Å². The molecule has 1 N–H and O–H groups in total. The van der Waals surface area contributed by atoms with Crippen molar-refractivity contribution in [3.05, 3.63) is 16.0 Å². The van der Waals surface area contributed by atoms with Crippen molar-refractivity contribution in [1.29, 1.82) is 0 Å². The summed E-state index contributed by atoms with van der Waals surface area (Å²) in [5, 5.41) is 3.61. The van der Waals surface area contributed by atoms with E-state index in [4.69, 9.17) is 4.74 Å². The second-order valence-electron chi connectivity index (χ2n) is 5.36. The minimum absolute atomic E-state index is 0.291. The zero-order valence-corrected chi connectivity index (χ0v) is 11.5. The Morgan fingerprint density at radius 1 is 1.24 bits per heavy atom. The molecule has 2 saturated carbocycles. The molecule has 0 aromatic carbocycles. The molecule has 1 aromatic heterocycles. The Labute approximate surface area is 114 Å². The number of rotatable bonds is 2. The Morgan fingerprint density at radius 3 is 2.88 bits per heavy atom. The Balaban J connectivity index is 1.55. The minimum Gasteiger partial charge on any atom is -0.458 e. The van der Waals surface area contributed by atoms with Crippen molar-refractivity contribution in [1.82, 2.24) is 15.3 Å². The van der Waals surface area contributed by atoms with Gasteiger partial charge in [-0.3, -0.25) is 0 Å². The largest absolute Gasteiger partial charge is 0.458 e. The lowest BCUT2D eigenvalue weighted by molar-refractivity contribution is 0.104. The summed E-state index contributed by atoms with van der Waals surface area (Å²) in [6.07, 6.45) is 6.56. The summed E-state index contributed by atoms with van der Waals surface area (Å²) >= 11 is 2.20. The number of hydrogen-bond acceptors (Lipinski definition) is 4. The van der Waals surface area contributed by atoms with E-state index >= 15 is 0 Å². The molecule has 17 heavy (non-hydrogen) atoms. The smallest absolute Gasteiger partial charge is 0.316 e. The maximum absolute atomic E-state index is 6.01. The number of aromatic nitrogens is 2. The number of fused-ring (bicyclic) bond motifs is 1. The SMILES string of the molecule is Ic1cnc(OC2C3CC4CNC2C4C3)nc1. The first-order valence-electron chi connectivity index (χ1n) is 6.19. The average molecular weight is 343 g/mol. The van der Waals surface area contributed by atoms with E-state index in [2.05, 4.69) is 37.9 Å². The van der Waals surface area contributed by atoms with E-state index in [1.165, 1.54) is 19.4 Å². The van der Waals surface area contributed by atoms with Crippen molar-refractivity contribution in [3.63, 3.8) is 0 Å². The molecule has 1 aromatic rings. The summed E-state index contributed by atoms with van der Waals surface area (Å²) in [4.78, 5) is 8.48. The van der Waals surface area contributed by atoms with Gasteiger partial charge in [0.15, 0.2) is 0 Å². The van der Waals surface area contributed by atoms with Crippen LogP contribution in [0.3, 0.4) is 0 Å². The average Bonchev–Trinajstić information content (AvgIpc) is 2.93. The van der Waals surface area contributed by atoms with E-state index < -0.39 is 0 Å². The second kappa shape index (κ2) is 3.78. The summed E-state index contributed by atoms with van der Waals surface area (Å²) in [5.41, 5.74) is 0. The lowest BCUT2D eigenvalue weighted by atomic mass is 9.88. The second-order valence-corrected chi connectivity index (χ2v) is 6.60. The zero-order valence-electron chi connectivity index (χ0n) is 9.34. The van der Waals surface area contributed by atoms with Gasteiger partial charge in [-0.25, -0.2) is 9.97 Å². The first-order valence-corrected chi connectivity index (χ1v) is 7.27. The number of nitrogens with zero attached hydrogens (tertiary/aromatic N) is 2. The van der Waals surface area contributed by atoms with Gasteiger partial charge in [0, 0.05) is 22.0 Å². The van der Waals surface area contributed by atoms with Crippen molar-refractivity contribution in [3.8, 4) is 6.01 Å². The van der Waals surface area contributed by atoms with E-state index in [1.807, 2.05) is 0 Å². The number of hydrogen-bond donors (Lipinski definition) is 1. The Kier molecular flexibility index (Phi) is 2.33. The van der Waals surface area contributed by atoms with Gasteiger partial charge in [-0.1, -0.05) is 0 Å². The Hall–Kier alpha value is -0.430. The van der Waals surface area contributed by atoms with Gasteiger partial charge < -0.3 is 10.1 Å². The third kappa shape index (κ3) is 1.58. The van der Waals surface area contributed by atoms with E-state index in [9.17, 15) is 0 Å². The van der Waals surface area contributed by atoms with E-state index in [0.717, 1.165) is 15.4 Å². The first kappa shape index (κ1) is 10.5. The van der Waals surface area contributed by atoms with Crippen LogP contribution in [0.5, 0.6) is 6.01 Å². The molecule has 5 unspecified atom stereocenters. The highest BCUT2D eigenvalue weighted by Gasteiger charge is 2.57. The van der Waals surface area contributed by atoms with Gasteiger partial charge in [0.2, 0.25) is 0 Å². The van der Waals surface area contributed by atoms with E-state index in [1.54, 1.807) is 12.4 Å². The molecule has 3 aliphatic rings. The molecule has 0 spiro atoms. The zero-order chi connectivity index (χ0) is 11.4. The number of halogens is 1. The molecule has 1 aliphatic heterocycles. The topological polar surface area (TPSA) is 47.0 Å². The highest BCUT2D eigenvalue weighted by atomic mass is 127. The highest BCUT2D eigenvalue weighted by Crippen LogP contribution is 2.52. The van der Waals surface area contributed by atoms with Gasteiger partial charge in [0.1, 0.15) is 6.10 Å². The first-order chi connectivity index (χ1) is 8.31. The maximum atomic E-state index is 6.01. The van der Waals surface area contributed by atoms with E-state index in [0.29, 0.717) is 24.1 Å². The van der Waals surface area contributed by atoms with Crippen LogP contribution in [0.15, 0.2) is 12.4 Å². The lowest BCUT2D eigenvalue weighted by Gasteiger charge is -2.27. The van der Waals surface area contributed by atoms with Gasteiger partial charge in [0.05, 0.1) is 0 Å². The normalized spacial score (nSPS) is 42.1. The summed E-state index contributed by atoms with van der Waals surface area (Å²) in [6, 6.07) is 1.08. The molecule has 5 atom stereocenters. The molecule has 3 fully saturated rings. The van der Waals surface area contributed by atoms with Gasteiger partial charge >= 0.3 is 6.01 Å². The van der Waals surface area contributed by atoms with Crippen LogP contribution in [0.2, 0.25) is 0 Å². The lowest BCUT2D eigenvalue weighted by Crippen LogP contribution is -2.41. The molecule has 5 heteroatoms. The molecule has 2 bridgehead atoms. The fourth-order valence-corrected chi connectivity index (χ4v) is 4.17. The van der Waals surface area contributed by atoms with Gasteiger partial charge in [0.25, 0.3) is 0 Å². The van der Waals surface area contributed by atoms with Gasteiger partial charge in [-0.05, 0) is 59.7 Å². The molecule has 4 nitrogen and oxygen atoms in total. The van der Waals surface area contributed by atoms with Crippen molar-refractivity contribution < 1.29 is 4.74 Å². The standard InChI is InChI=1S/C12H14IN3O/c13-8-4-15-12(16-5-8)17-11-6-1-7-3-14-10(11)9(7)2-6/h4-7,9-11,14H,1-3H2. The fraction of sp³-hybridized carbons (Fsp3) is 0.667.